The number of carbonyl (C=O) groups excluding carboxylic acids is 2. The van der Waals surface area contributed by atoms with Crippen LogP contribution < -0.4 is 9.47 Å². The topological polar surface area (TPSA) is 77.4 Å². The summed E-state index contributed by atoms with van der Waals surface area (Å²) < 4.78 is 17.3. The van der Waals surface area contributed by atoms with E-state index in [0.29, 0.717) is 35.5 Å². The van der Waals surface area contributed by atoms with Crippen molar-refractivity contribution in [1.29, 1.82) is 0 Å². The Morgan fingerprint density at radius 3 is 2.61 bits per heavy atom. The summed E-state index contributed by atoms with van der Waals surface area (Å²) in [6, 6.07) is 13.7. The van der Waals surface area contributed by atoms with Gasteiger partial charge in [0.2, 0.25) is 0 Å². The highest BCUT2D eigenvalue weighted by Gasteiger charge is 2.41. The fraction of sp³-hybridized carbons (Fsp3) is 0.414. The minimum atomic E-state index is -0.438. The van der Waals surface area contributed by atoms with E-state index in [1.54, 1.807) is 6.92 Å². The predicted octanol–water partition coefficient (Wildman–Crippen LogP) is 6.81. The first-order valence-corrected chi connectivity index (χ1v) is 14.9. The second kappa shape index (κ2) is 13.5. The monoisotopic (exact) mass is 648 g/mol. The van der Waals surface area contributed by atoms with Crippen LogP contribution in [0.25, 0.3) is 6.08 Å². The summed E-state index contributed by atoms with van der Waals surface area (Å²) in [5.41, 5.74) is 1.64. The number of ether oxygens (including phenoxy) is 3. The second-order valence-corrected chi connectivity index (χ2v) is 11.4. The molecule has 0 aromatic heterocycles. The van der Waals surface area contributed by atoms with Crippen molar-refractivity contribution in [3.05, 3.63) is 56.5 Å². The standard InChI is InChI=1S/C29H33IN2O5S/c1-4-35-24-16-20(15-22(30)27(24)37-18-26(33)36-5-2)17-25-28(34)32(23-14-10-9-11-19(23)3)29(38-25)31-21-12-7-6-8-13-21/h6-8,12-13,15-17,19,23H,4-5,9-11,14,18H2,1-3H3/b25-17-,31-29?/t19-,23-/m0/s1. The van der Waals surface area contributed by atoms with Gasteiger partial charge in [0.05, 0.1) is 27.4 Å². The Kier molecular flexibility index (Phi) is 10.1. The summed E-state index contributed by atoms with van der Waals surface area (Å²) in [6.45, 7) is 6.40. The van der Waals surface area contributed by atoms with Gasteiger partial charge in [-0.25, -0.2) is 9.79 Å². The van der Waals surface area contributed by atoms with Gasteiger partial charge < -0.3 is 14.2 Å². The number of rotatable bonds is 9. The molecule has 1 heterocycles. The van der Waals surface area contributed by atoms with Crippen LogP contribution in [0.5, 0.6) is 11.5 Å². The van der Waals surface area contributed by atoms with E-state index in [4.69, 9.17) is 19.2 Å². The molecule has 1 saturated heterocycles. The van der Waals surface area contributed by atoms with Crippen molar-refractivity contribution in [1.82, 2.24) is 4.90 Å². The number of amidine groups is 1. The van der Waals surface area contributed by atoms with E-state index in [1.807, 2.05) is 60.4 Å². The van der Waals surface area contributed by atoms with Crippen LogP contribution in [0.1, 0.15) is 52.0 Å². The Hall–Kier alpha value is -2.53. The molecule has 0 radical (unpaired) electrons. The molecule has 2 aromatic rings. The largest absolute Gasteiger partial charge is 0.490 e. The maximum absolute atomic E-state index is 13.8. The van der Waals surface area contributed by atoms with E-state index in [0.717, 1.165) is 39.3 Å². The fourth-order valence-electron chi connectivity index (χ4n) is 4.71. The lowest BCUT2D eigenvalue weighted by Crippen LogP contribution is -2.44. The minimum Gasteiger partial charge on any atom is -0.490 e. The van der Waals surface area contributed by atoms with Gasteiger partial charge in [-0.1, -0.05) is 38.0 Å². The number of hydrogen-bond donors (Lipinski definition) is 0. The highest BCUT2D eigenvalue weighted by molar-refractivity contribution is 14.1. The first kappa shape index (κ1) is 28.5. The van der Waals surface area contributed by atoms with Crippen LogP contribution in [-0.2, 0) is 14.3 Å². The molecule has 0 unspecified atom stereocenters. The number of esters is 1. The zero-order valence-corrected chi connectivity index (χ0v) is 24.9. The molecule has 4 rings (SSSR count). The third-order valence-electron chi connectivity index (χ3n) is 6.48. The number of nitrogens with zero attached hydrogens (tertiary/aromatic N) is 2. The summed E-state index contributed by atoms with van der Waals surface area (Å²) >= 11 is 3.57. The number of carbonyl (C=O) groups is 2. The van der Waals surface area contributed by atoms with Crippen LogP contribution in [0.2, 0.25) is 0 Å². The first-order valence-electron chi connectivity index (χ1n) is 13.0. The van der Waals surface area contributed by atoms with Crippen molar-refractivity contribution in [3.8, 4) is 11.5 Å². The lowest BCUT2D eigenvalue weighted by molar-refractivity contribution is -0.145. The van der Waals surface area contributed by atoms with Crippen LogP contribution >= 0.6 is 34.4 Å². The van der Waals surface area contributed by atoms with Gasteiger partial charge in [-0.3, -0.25) is 9.69 Å². The molecule has 9 heteroatoms. The van der Waals surface area contributed by atoms with Gasteiger partial charge in [-0.2, -0.15) is 0 Å². The third kappa shape index (κ3) is 6.91. The molecule has 0 bridgehead atoms. The first-order chi connectivity index (χ1) is 18.4. The fourth-order valence-corrected chi connectivity index (χ4v) is 6.54. The Morgan fingerprint density at radius 2 is 1.89 bits per heavy atom. The number of halogens is 1. The average molecular weight is 649 g/mol. The summed E-state index contributed by atoms with van der Waals surface area (Å²) in [5, 5.41) is 0.723. The molecular formula is C29H33IN2O5S. The van der Waals surface area contributed by atoms with Gasteiger partial charge in [-0.05, 0) is 103 Å². The van der Waals surface area contributed by atoms with E-state index in [-0.39, 0.29) is 18.6 Å². The zero-order valence-electron chi connectivity index (χ0n) is 21.9. The van der Waals surface area contributed by atoms with Crippen molar-refractivity contribution >= 4 is 63.2 Å². The highest BCUT2D eigenvalue weighted by atomic mass is 127. The summed E-state index contributed by atoms with van der Waals surface area (Å²) in [5.74, 6) is 0.958. The van der Waals surface area contributed by atoms with E-state index >= 15 is 0 Å². The summed E-state index contributed by atoms with van der Waals surface area (Å²) in [7, 11) is 0. The van der Waals surface area contributed by atoms with Gasteiger partial charge in [-0.15, -0.1) is 0 Å². The molecular weight excluding hydrogens is 615 g/mol. The molecule has 1 aliphatic heterocycles. The molecule has 1 saturated carbocycles. The Labute approximate surface area is 242 Å². The smallest absolute Gasteiger partial charge is 0.344 e. The van der Waals surface area contributed by atoms with Crippen molar-refractivity contribution in [2.45, 2.75) is 52.5 Å². The maximum Gasteiger partial charge on any atom is 0.344 e. The van der Waals surface area contributed by atoms with Gasteiger partial charge in [0.15, 0.2) is 23.3 Å². The number of hydrogen-bond acceptors (Lipinski definition) is 7. The third-order valence-corrected chi connectivity index (χ3v) is 8.27. The van der Waals surface area contributed by atoms with Crippen molar-refractivity contribution in [2.24, 2.45) is 10.9 Å². The molecule has 2 aromatic carbocycles. The molecule has 202 valence electrons. The minimum absolute atomic E-state index is 0.0148. The van der Waals surface area contributed by atoms with Crippen LogP contribution in [0, 0.1) is 9.49 Å². The number of aliphatic imine (C=N–C) groups is 1. The Bertz CT molecular complexity index is 1220. The van der Waals surface area contributed by atoms with Gasteiger partial charge >= 0.3 is 5.97 Å². The van der Waals surface area contributed by atoms with Crippen LogP contribution in [-0.4, -0.2) is 47.8 Å². The van der Waals surface area contributed by atoms with Gasteiger partial charge in [0.1, 0.15) is 0 Å². The predicted molar refractivity (Wildman–Crippen MR) is 160 cm³/mol. The quantitative estimate of drug-likeness (QED) is 0.169. The van der Waals surface area contributed by atoms with Crippen molar-refractivity contribution < 1.29 is 23.8 Å². The second-order valence-electron chi connectivity index (χ2n) is 9.20. The lowest BCUT2D eigenvalue weighted by atomic mass is 9.85. The SMILES string of the molecule is CCOC(=O)COc1c(I)cc(/C=C2\SC(=Nc3ccccc3)N([C@H]3CCCC[C@@H]3C)C2=O)cc1OCC. The van der Waals surface area contributed by atoms with Crippen molar-refractivity contribution in [2.75, 3.05) is 19.8 Å². The number of amides is 1. The summed E-state index contributed by atoms with van der Waals surface area (Å²) in [6.07, 6.45) is 6.29. The molecule has 1 aliphatic carbocycles. The van der Waals surface area contributed by atoms with Gasteiger partial charge in [0, 0.05) is 6.04 Å². The maximum atomic E-state index is 13.8. The normalized spacial score (nSPS) is 21.7. The van der Waals surface area contributed by atoms with E-state index in [9.17, 15) is 9.59 Å². The van der Waals surface area contributed by atoms with Crippen molar-refractivity contribution in [3.63, 3.8) is 0 Å². The van der Waals surface area contributed by atoms with Crippen LogP contribution in [0.15, 0.2) is 52.4 Å². The highest BCUT2D eigenvalue weighted by Crippen LogP contribution is 2.41. The Balaban J connectivity index is 1.67. The van der Waals surface area contributed by atoms with E-state index in [1.165, 1.54) is 18.2 Å². The molecule has 38 heavy (non-hydrogen) atoms. The summed E-state index contributed by atoms with van der Waals surface area (Å²) in [4.78, 5) is 33.0. The number of thioether (sulfide) groups is 1. The number of para-hydroxylation sites is 1. The zero-order chi connectivity index (χ0) is 27.1. The number of benzene rings is 2. The molecule has 1 amide bonds. The molecule has 2 atom stereocenters. The molecule has 7 nitrogen and oxygen atoms in total. The van der Waals surface area contributed by atoms with Crippen LogP contribution in [0.4, 0.5) is 5.69 Å². The molecule has 0 N–H and O–H groups in total. The van der Waals surface area contributed by atoms with E-state index < -0.39 is 5.97 Å². The van der Waals surface area contributed by atoms with Gasteiger partial charge in [0.25, 0.3) is 5.91 Å². The molecule has 2 fully saturated rings. The van der Waals surface area contributed by atoms with E-state index in [2.05, 4.69) is 29.5 Å². The van der Waals surface area contributed by atoms with Crippen LogP contribution in [0.3, 0.4) is 0 Å². The average Bonchev–Trinajstić information content (AvgIpc) is 3.18. The lowest BCUT2D eigenvalue weighted by Gasteiger charge is -2.35. The molecule has 0 spiro atoms. The Morgan fingerprint density at radius 1 is 1.13 bits per heavy atom. The molecule has 2 aliphatic rings.